The quantitative estimate of drug-likeness (QED) is 0.813. The maximum absolute atomic E-state index is 11.5. The number of aryl methyl sites for hydroxylation is 1. The number of rotatable bonds is 2. The lowest BCUT2D eigenvalue weighted by molar-refractivity contribution is 0.601. The van der Waals surface area contributed by atoms with Crippen LogP contribution in [0.3, 0.4) is 0 Å². The lowest BCUT2D eigenvalue weighted by Gasteiger charge is -2.04. The number of nitrogens with zero attached hydrogens (tertiary/aromatic N) is 2. The molecule has 0 fully saturated rings. The van der Waals surface area contributed by atoms with E-state index in [9.17, 15) is 8.42 Å². The van der Waals surface area contributed by atoms with Gasteiger partial charge in [-0.1, -0.05) is 6.07 Å². The van der Waals surface area contributed by atoms with Crippen LogP contribution in [0.25, 0.3) is 11.4 Å². The first-order valence-electron chi connectivity index (χ1n) is 5.07. The van der Waals surface area contributed by atoms with Crippen LogP contribution >= 0.6 is 0 Å². The van der Waals surface area contributed by atoms with Crippen molar-refractivity contribution in [3.8, 4) is 11.4 Å². The molecule has 0 radical (unpaired) electrons. The monoisotopic (exact) mass is 248 g/mol. The average molecular weight is 248 g/mol. The van der Waals surface area contributed by atoms with Crippen LogP contribution in [-0.4, -0.2) is 24.6 Å². The first-order chi connectivity index (χ1) is 7.97. The minimum Gasteiger partial charge on any atom is -0.255 e. The topological polar surface area (TPSA) is 59.9 Å². The molecule has 0 saturated heterocycles. The fraction of sp³-hybridized carbons (Fsp3) is 0.167. The van der Waals surface area contributed by atoms with Gasteiger partial charge in [-0.05, 0) is 31.2 Å². The van der Waals surface area contributed by atoms with E-state index in [-0.39, 0.29) is 4.90 Å². The average Bonchev–Trinajstić information content (AvgIpc) is 2.28. The molecule has 0 aliphatic carbocycles. The summed E-state index contributed by atoms with van der Waals surface area (Å²) in [5.74, 6) is 0. The van der Waals surface area contributed by atoms with Crippen molar-refractivity contribution in [2.24, 2.45) is 0 Å². The number of aromatic nitrogens is 2. The van der Waals surface area contributed by atoms with Crippen LogP contribution in [0.5, 0.6) is 0 Å². The SMILES string of the molecule is Cc1cc(S(C)(=O)=O)cc(-c2ccccn2)n1. The molecule has 0 aromatic carbocycles. The Morgan fingerprint density at radius 3 is 2.47 bits per heavy atom. The van der Waals surface area contributed by atoms with Crippen LogP contribution in [0.2, 0.25) is 0 Å². The van der Waals surface area contributed by atoms with Gasteiger partial charge in [-0.3, -0.25) is 9.97 Å². The van der Waals surface area contributed by atoms with Crippen molar-refractivity contribution in [2.75, 3.05) is 6.26 Å². The van der Waals surface area contributed by atoms with Crippen molar-refractivity contribution < 1.29 is 8.42 Å². The molecule has 0 amide bonds. The minimum absolute atomic E-state index is 0.269. The maximum Gasteiger partial charge on any atom is 0.175 e. The van der Waals surface area contributed by atoms with Gasteiger partial charge in [0.05, 0.1) is 16.3 Å². The first-order valence-corrected chi connectivity index (χ1v) is 6.96. The first kappa shape index (κ1) is 11.7. The van der Waals surface area contributed by atoms with E-state index in [1.54, 1.807) is 37.4 Å². The molecular weight excluding hydrogens is 236 g/mol. The largest absolute Gasteiger partial charge is 0.255 e. The molecule has 0 aliphatic heterocycles. The van der Waals surface area contributed by atoms with Crippen LogP contribution in [0, 0.1) is 6.92 Å². The summed E-state index contributed by atoms with van der Waals surface area (Å²) >= 11 is 0. The summed E-state index contributed by atoms with van der Waals surface area (Å²) in [6.45, 7) is 1.76. The molecule has 5 heteroatoms. The second kappa shape index (κ2) is 4.25. The molecule has 4 nitrogen and oxygen atoms in total. The van der Waals surface area contributed by atoms with Gasteiger partial charge >= 0.3 is 0 Å². The number of pyridine rings is 2. The summed E-state index contributed by atoms with van der Waals surface area (Å²) in [5, 5.41) is 0. The molecule has 0 atom stereocenters. The second-order valence-electron chi connectivity index (χ2n) is 3.82. The fourth-order valence-electron chi connectivity index (χ4n) is 1.50. The van der Waals surface area contributed by atoms with Gasteiger partial charge in [0.2, 0.25) is 0 Å². The Morgan fingerprint density at radius 2 is 1.88 bits per heavy atom. The lowest BCUT2D eigenvalue weighted by Crippen LogP contribution is -2.00. The third-order valence-corrected chi connectivity index (χ3v) is 3.37. The van der Waals surface area contributed by atoms with Crippen molar-refractivity contribution in [1.29, 1.82) is 0 Å². The molecule has 0 bridgehead atoms. The zero-order chi connectivity index (χ0) is 12.5. The summed E-state index contributed by atoms with van der Waals surface area (Å²) in [4.78, 5) is 8.72. The Balaban J connectivity index is 2.61. The van der Waals surface area contributed by atoms with Gasteiger partial charge in [-0.15, -0.1) is 0 Å². The van der Waals surface area contributed by atoms with Gasteiger partial charge in [0.25, 0.3) is 0 Å². The molecule has 2 heterocycles. The third-order valence-electron chi connectivity index (χ3n) is 2.28. The van der Waals surface area contributed by atoms with E-state index in [4.69, 9.17) is 0 Å². The molecule has 17 heavy (non-hydrogen) atoms. The van der Waals surface area contributed by atoms with Gasteiger partial charge < -0.3 is 0 Å². The van der Waals surface area contributed by atoms with E-state index in [1.165, 1.54) is 6.26 Å². The van der Waals surface area contributed by atoms with Crippen LogP contribution in [0.15, 0.2) is 41.4 Å². The third kappa shape index (κ3) is 2.68. The summed E-state index contributed by atoms with van der Waals surface area (Å²) in [6.07, 6.45) is 2.84. The van der Waals surface area contributed by atoms with Crippen LogP contribution in [-0.2, 0) is 9.84 Å². The summed E-state index contributed by atoms with van der Waals surface area (Å²) in [7, 11) is -3.22. The maximum atomic E-state index is 11.5. The Kier molecular flexibility index (Phi) is 2.93. The van der Waals surface area contributed by atoms with Crippen molar-refractivity contribution in [3.05, 3.63) is 42.2 Å². The smallest absolute Gasteiger partial charge is 0.175 e. The highest BCUT2D eigenvalue weighted by Gasteiger charge is 2.11. The molecule has 0 saturated carbocycles. The zero-order valence-corrected chi connectivity index (χ0v) is 10.4. The highest BCUT2D eigenvalue weighted by atomic mass is 32.2. The van der Waals surface area contributed by atoms with Crippen molar-refractivity contribution in [3.63, 3.8) is 0 Å². The Bertz CT molecular complexity index is 637. The van der Waals surface area contributed by atoms with Gasteiger partial charge in [0, 0.05) is 18.1 Å². The van der Waals surface area contributed by atoms with E-state index in [2.05, 4.69) is 9.97 Å². The number of sulfone groups is 1. The van der Waals surface area contributed by atoms with E-state index in [1.807, 2.05) is 6.07 Å². The van der Waals surface area contributed by atoms with Crippen LogP contribution in [0.4, 0.5) is 0 Å². The molecule has 0 spiro atoms. The molecule has 2 aromatic rings. The van der Waals surface area contributed by atoms with Crippen LogP contribution < -0.4 is 0 Å². The minimum atomic E-state index is -3.22. The molecule has 2 aromatic heterocycles. The Morgan fingerprint density at radius 1 is 1.12 bits per heavy atom. The summed E-state index contributed by atoms with van der Waals surface area (Å²) in [6, 6.07) is 8.55. The zero-order valence-electron chi connectivity index (χ0n) is 9.58. The summed E-state index contributed by atoms with van der Waals surface area (Å²) in [5.41, 5.74) is 1.90. The van der Waals surface area contributed by atoms with Gasteiger partial charge in [0.1, 0.15) is 0 Å². The lowest BCUT2D eigenvalue weighted by atomic mass is 10.2. The fourth-order valence-corrected chi connectivity index (χ4v) is 2.21. The molecule has 2 rings (SSSR count). The van der Waals surface area contributed by atoms with E-state index >= 15 is 0 Å². The standard InChI is InChI=1S/C12H12N2O2S/c1-9-7-10(17(2,15)16)8-12(14-9)11-5-3-4-6-13-11/h3-8H,1-2H3. The highest BCUT2D eigenvalue weighted by Crippen LogP contribution is 2.19. The Labute approximate surface area is 100 Å². The molecule has 0 unspecified atom stereocenters. The van der Waals surface area contributed by atoms with E-state index in [0.29, 0.717) is 17.1 Å². The van der Waals surface area contributed by atoms with E-state index < -0.39 is 9.84 Å². The molecular formula is C12H12N2O2S. The number of hydrogen-bond donors (Lipinski definition) is 0. The predicted molar refractivity (Wildman–Crippen MR) is 65.3 cm³/mol. The predicted octanol–water partition coefficient (Wildman–Crippen LogP) is 1.86. The van der Waals surface area contributed by atoms with Crippen molar-refractivity contribution >= 4 is 9.84 Å². The van der Waals surface area contributed by atoms with E-state index in [0.717, 1.165) is 0 Å². The molecule has 0 N–H and O–H groups in total. The van der Waals surface area contributed by atoms with Crippen LogP contribution in [0.1, 0.15) is 5.69 Å². The normalized spacial score (nSPS) is 11.4. The van der Waals surface area contributed by atoms with Gasteiger partial charge in [0.15, 0.2) is 9.84 Å². The highest BCUT2D eigenvalue weighted by molar-refractivity contribution is 7.90. The molecule has 88 valence electrons. The van der Waals surface area contributed by atoms with Crippen molar-refractivity contribution in [1.82, 2.24) is 9.97 Å². The summed E-state index contributed by atoms with van der Waals surface area (Å²) < 4.78 is 23.0. The van der Waals surface area contributed by atoms with Crippen molar-refractivity contribution in [2.45, 2.75) is 11.8 Å². The second-order valence-corrected chi connectivity index (χ2v) is 5.83. The van der Waals surface area contributed by atoms with Gasteiger partial charge in [-0.25, -0.2) is 8.42 Å². The molecule has 0 aliphatic rings. The Hall–Kier alpha value is -1.75. The number of hydrogen-bond acceptors (Lipinski definition) is 4. The van der Waals surface area contributed by atoms with Gasteiger partial charge in [-0.2, -0.15) is 0 Å².